The van der Waals surface area contributed by atoms with E-state index in [1.807, 2.05) is 52.0 Å². The van der Waals surface area contributed by atoms with Gasteiger partial charge in [-0.15, -0.1) is 0 Å². The molecule has 0 aliphatic carbocycles. The molecule has 1 N–H and O–H groups in total. The summed E-state index contributed by atoms with van der Waals surface area (Å²) in [6, 6.07) is 7.40. The van der Waals surface area contributed by atoms with Crippen LogP contribution in [-0.2, 0) is 4.79 Å². The number of para-hydroxylation sites is 2. The van der Waals surface area contributed by atoms with Crippen molar-refractivity contribution >= 4 is 23.4 Å². The van der Waals surface area contributed by atoms with E-state index in [4.69, 9.17) is 4.74 Å². The summed E-state index contributed by atoms with van der Waals surface area (Å²) in [5.74, 6) is 0.816. The van der Waals surface area contributed by atoms with Crippen LogP contribution in [0.3, 0.4) is 0 Å². The zero-order chi connectivity index (χ0) is 16.8. The zero-order valence-electron chi connectivity index (χ0n) is 13.8. The first kappa shape index (κ1) is 17.3. The largest absolute Gasteiger partial charge is 0.492 e. The van der Waals surface area contributed by atoms with Crippen molar-refractivity contribution in [3.8, 4) is 5.75 Å². The molecule has 1 heterocycles. The average molecular weight is 331 g/mol. The molecule has 0 bridgehead atoms. The third-order valence-electron chi connectivity index (χ3n) is 3.41. The van der Waals surface area contributed by atoms with Gasteiger partial charge in [-0.2, -0.15) is 0 Å². The van der Waals surface area contributed by atoms with Crippen LogP contribution in [0.1, 0.15) is 23.9 Å². The van der Waals surface area contributed by atoms with Crippen molar-refractivity contribution in [1.29, 1.82) is 0 Å². The molecular weight excluding hydrogens is 310 g/mol. The fourth-order valence-corrected chi connectivity index (χ4v) is 2.71. The number of nitrogens with zero attached hydrogens (tertiary/aromatic N) is 2. The second-order valence-electron chi connectivity index (χ2n) is 5.07. The molecule has 122 valence electrons. The van der Waals surface area contributed by atoms with E-state index in [9.17, 15) is 4.79 Å². The predicted octanol–water partition coefficient (Wildman–Crippen LogP) is 3.53. The van der Waals surface area contributed by atoms with E-state index in [2.05, 4.69) is 15.3 Å². The SMILES string of the molecule is CCOc1ccccc1NC(=O)CSc1nc(C)c(C)c(C)n1. The lowest BCUT2D eigenvalue weighted by atomic mass is 10.2. The lowest BCUT2D eigenvalue weighted by molar-refractivity contribution is -0.113. The van der Waals surface area contributed by atoms with E-state index in [0.29, 0.717) is 23.2 Å². The number of carbonyl (C=O) groups is 1. The number of hydrogen-bond donors (Lipinski definition) is 1. The summed E-state index contributed by atoms with van der Waals surface area (Å²) in [7, 11) is 0. The summed E-state index contributed by atoms with van der Waals surface area (Å²) in [6.07, 6.45) is 0. The Morgan fingerprint density at radius 3 is 2.48 bits per heavy atom. The van der Waals surface area contributed by atoms with Gasteiger partial charge in [-0.3, -0.25) is 4.79 Å². The van der Waals surface area contributed by atoms with Crippen LogP contribution in [0.4, 0.5) is 5.69 Å². The Hall–Kier alpha value is -2.08. The number of carbonyl (C=O) groups excluding carboxylic acids is 1. The molecule has 0 fully saturated rings. The first-order valence-corrected chi connectivity index (χ1v) is 8.46. The van der Waals surface area contributed by atoms with E-state index < -0.39 is 0 Å². The number of anilines is 1. The molecule has 1 amide bonds. The first-order valence-electron chi connectivity index (χ1n) is 7.47. The molecule has 5 nitrogen and oxygen atoms in total. The lowest BCUT2D eigenvalue weighted by Gasteiger charge is -2.11. The molecule has 2 rings (SSSR count). The zero-order valence-corrected chi connectivity index (χ0v) is 14.7. The summed E-state index contributed by atoms with van der Waals surface area (Å²) in [5, 5.41) is 3.49. The van der Waals surface area contributed by atoms with Gasteiger partial charge >= 0.3 is 0 Å². The molecule has 0 aliphatic heterocycles. The average Bonchev–Trinajstić information content (AvgIpc) is 2.52. The van der Waals surface area contributed by atoms with Crippen molar-refractivity contribution in [2.75, 3.05) is 17.7 Å². The maximum atomic E-state index is 12.1. The number of benzene rings is 1. The highest BCUT2D eigenvalue weighted by molar-refractivity contribution is 7.99. The van der Waals surface area contributed by atoms with Crippen LogP contribution in [0.5, 0.6) is 5.75 Å². The molecule has 0 spiro atoms. The van der Waals surface area contributed by atoms with E-state index >= 15 is 0 Å². The van der Waals surface area contributed by atoms with Crippen LogP contribution in [-0.4, -0.2) is 28.2 Å². The number of aromatic nitrogens is 2. The molecule has 1 aromatic heterocycles. The summed E-state index contributed by atoms with van der Waals surface area (Å²) < 4.78 is 5.50. The van der Waals surface area contributed by atoms with E-state index in [1.54, 1.807) is 0 Å². The maximum Gasteiger partial charge on any atom is 0.234 e. The van der Waals surface area contributed by atoms with Gasteiger partial charge < -0.3 is 10.1 Å². The predicted molar refractivity (Wildman–Crippen MR) is 93.2 cm³/mol. The molecule has 0 aliphatic rings. The van der Waals surface area contributed by atoms with E-state index in [1.165, 1.54) is 11.8 Å². The third-order valence-corrected chi connectivity index (χ3v) is 4.25. The summed E-state index contributed by atoms with van der Waals surface area (Å²) in [5.41, 5.74) is 3.66. The molecule has 2 aromatic rings. The Kier molecular flexibility index (Phi) is 5.98. The van der Waals surface area contributed by atoms with Crippen LogP contribution in [0.25, 0.3) is 0 Å². The Morgan fingerprint density at radius 2 is 1.83 bits per heavy atom. The first-order chi connectivity index (χ1) is 11.0. The van der Waals surface area contributed by atoms with Gasteiger partial charge in [-0.25, -0.2) is 9.97 Å². The molecule has 0 saturated heterocycles. The van der Waals surface area contributed by atoms with Gasteiger partial charge in [0.15, 0.2) is 5.16 Å². The molecule has 0 unspecified atom stereocenters. The van der Waals surface area contributed by atoms with Crippen molar-refractivity contribution < 1.29 is 9.53 Å². The van der Waals surface area contributed by atoms with Crippen molar-refractivity contribution in [2.45, 2.75) is 32.9 Å². The second-order valence-corrected chi connectivity index (χ2v) is 6.01. The topological polar surface area (TPSA) is 64.1 Å². The minimum absolute atomic E-state index is 0.110. The Labute approximate surface area is 140 Å². The van der Waals surface area contributed by atoms with Gasteiger partial charge in [0.25, 0.3) is 0 Å². The normalized spacial score (nSPS) is 10.4. The van der Waals surface area contributed by atoms with Crippen molar-refractivity contribution in [2.24, 2.45) is 0 Å². The van der Waals surface area contributed by atoms with Crippen molar-refractivity contribution in [3.63, 3.8) is 0 Å². The third kappa shape index (κ3) is 4.69. The minimum Gasteiger partial charge on any atom is -0.492 e. The monoisotopic (exact) mass is 331 g/mol. The number of ether oxygens (including phenoxy) is 1. The lowest BCUT2D eigenvalue weighted by Crippen LogP contribution is -2.15. The number of nitrogens with one attached hydrogen (secondary N) is 1. The molecule has 0 saturated carbocycles. The standard InChI is InChI=1S/C17H21N3O2S/c1-5-22-15-9-7-6-8-14(15)20-16(21)10-23-17-18-12(3)11(2)13(4)19-17/h6-9H,5,10H2,1-4H3,(H,20,21). The van der Waals surface area contributed by atoms with Crippen molar-refractivity contribution in [1.82, 2.24) is 9.97 Å². The number of aryl methyl sites for hydroxylation is 2. The molecule has 23 heavy (non-hydrogen) atoms. The molecule has 0 atom stereocenters. The molecule has 6 heteroatoms. The highest BCUT2D eigenvalue weighted by atomic mass is 32.2. The Balaban J connectivity index is 1.98. The van der Waals surface area contributed by atoms with Gasteiger partial charge in [0.1, 0.15) is 5.75 Å². The van der Waals surface area contributed by atoms with Crippen LogP contribution in [0.2, 0.25) is 0 Å². The van der Waals surface area contributed by atoms with Crippen LogP contribution in [0.15, 0.2) is 29.4 Å². The quantitative estimate of drug-likeness (QED) is 0.648. The Morgan fingerprint density at radius 1 is 1.17 bits per heavy atom. The number of thioether (sulfide) groups is 1. The second kappa shape index (κ2) is 7.97. The summed E-state index contributed by atoms with van der Waals surface area (Å²) in [4.78, 5) is 20.9. The van der Waals surface area contributed by atoms with Crippen LogP contribution in [0, 0.1) is 20.8 Å². The Bertz CT molecular complexity index is 681. The number of amides is 1. The van der Waals surface area contributed by atoms with Crippen LogP contribution < -0.4 is 10.1 Å². The smallest absolute Gasteiger partial charge is 0.234 e. The summed E-state index contributed by atoms with van der Waals surface area (Å²) in [6.45, 7) is 8.36. The highest BCUT2D eigenvalue weighted by Crippen LogP contribution is 2.24. The maximum absolute atomic E-state index is 12.1. The van der Waals surface area contributed by atoms with Gasteiger partial charge in [0.05, 0.1) is 18.0 Å². The number of hydrogen-bond acceptors (Lipinski definition) is 5. The fraction of sp³-hybridized carbons (Fsp3) is 0.353. The van der Waals surface area contributed by atoms with Gasteiger partial charge in [-0.1, -0.05) is 23.9 Å². The summed E-state index contributed by atoms with van der Waals surface area (Å²) >= 11 is 1.33. The minimum atomic E-state index is -0.110. The molecule has 0 radical (unpaired) electrons. The van der Waals surface area contributed by atoms with Gasteiger partial charge in [-0.05, 0) is 45.4 Å². The van der Waals surface area contributed by atoms with Crippen LogP contribution >= 0.6 is 11.8 Å². The van der Waals surface area contributed by atoms with Gasteiger partial charge in [0.2, 0.25) is 5.91 Å². The van der Waals surface area contributed by atoms with E-state index in [0.717, 1.165) is 17.0 Å². The van der Waals surface area contributed by atoms with Gasteiger partial charge in [0, 0.05) is 11.4 Å². The van der Waals surface area contributed by atoms with Crippen molar-refractivity contribution in [3.05, 3.63) is 41.2 Å². The molecule has 1 aromatic carbocycles. The number of rotatable bonds is 6. The van der Waals surface area contributed by atoms with E-state index in [-0.39, 0.29) is 11.7 Å². The fourth-order valence-electron chi connectivity index (χ4n) is 1.97. The highest BCUT2D eigenvalue weighted by Gasteiger charge is 2.10. The molecular formula is C17H21N3O2S.